The minimum absolute atomic E-state index is 0.528. The molecule has 0 unspecified atom stereocenters. The van der Waals surface area contributed by atoms with Crippen LogP contribution >= 0.6 is 0 Å². The van der Waals surface area contributed by atoms with Crippen LogP contribution < -0.4 is 0 Å². The SMILES string of the molecule is Cc1cc(C=C2N=CC=N2)c2c(C)ccc(C(C)C)cc1-2. The van der Waals surface area contributed by atoms with E-state index in [0.29, 0.717) is 5.92 Å². The molecule has 21 heavy (non-hydrogen) atoms. The topological polar surface area (TPSA) is 24.7 Å². The van der Waals surface area contributed by atoms with Gasteiger partial charge < -0.3 is 0 Å². The fourth-order valence-corrected chi connectivity index (χ4v) is 2.82. The summed E-state index contributed by atoms with van der Waals surface area (Å²) in [6.07, 6.45) is 5.53. The van der Waals surface area contributed by atoms with Gasteiger partial charge >= 0.3 is 0 Å². The van der Waals surface area contributed by atoms with E-state index in [1.54, 1.807) is 12.4 Å². The largest absolute Gasteiger partial charge is 0.236 e. The number of fused-ring (bicyclic) bond motifs is 1. The van der Waals surface area contributed by atoms with Crippen LogP contribution in [0.4, 0.5) is 0 Å². The summed E-state index contributed by atoms with van der Waals surface area (Å²) in [6.45, 7) is 8.82. The first-order valence-electron chi connectivity index (χ1n) is 7.38. The minimum atomic E-state index is 0.528. The van der Waals surface area contributed by atoms with Crippen molar-refractivity contribution in [2.75, 3.05) is 0 Å². The van der Waals surface area contributed by atoms with Crippen molar-refractivity contribution in [3.05, 3.63) is 52.3 Å². The van der Waals surface area contributed by atoms with Gasteiger partial charge in [-0.3, -0.25) is 0 Å². The number of hydrogen-bond acceptors (Lipinski definition) is 2. The highest BCUT2D eigenvalue weighted by atomic mass is 15.0. The second-order valence-electron chi connectivity index (χ2n) is 5.95. The summed E-state index contributed by atoms with van der Waals surface area (Å²) in [5.74, 6) is 1.30. The fourth-order valence-electron chi connectivity index (χ4n) is 2.82. The maximum Gasteiger partial charge on any atom is 0.152 e. The predicted octanol–water partition coefficient (Wildman–Crippen LogP) is 4.99. The van der Waals surface area contributed by atoms with E-state index in [0.717, 1.165) is 5.82 Å². The molecule has 0 aromatic rings. The molecule has 1 aliphatic heterocycles. The zero-order valence-electron chi connectivity index (χ0n) is 13.0. The van der Waals surface area contributed by atoms with E-state index in [2.05, 4.69) is 68.0 Å². The fraction of sp³-hybridized carbons (Fsp3) is 0.263. The van der Waals surface area contributed by atoms with Gasteiger partial charge in [-0.25, -0.2) is 9.98 Å². The van der Waals surface area contributed by atoms with Gasteiger partial charge in [0, 0.05) is 12.4 Å². The summed E-state index contributed by atoms with van der Waals surface area (Å²) in [6, 6.07) is 9.02. The van der Waals surface area contributed by atoms with Crippen molar-refractivity contribution >= 4 is 18.5 Å². The van der Waals surface area contributed by atoms with Crippen LogP contribution in [0.15, 0.2) is 40.1 Å². The van der Waals surface area contributed by atoms with Crippen LogP contribution in [-0.2, 0) is 0 Å². The van der Waals surface area contributed by atoms with Crippen molar-refractivity contribution in [1.29, 1.82) is 0 Å². The maximum absolute atomic E-state index is 4.25. The van der Waals surface area contributed by atoms with E-state index < -0.39 is 0 Å². The molecule has 106 valence electrons. The quantitative estimate of drug-likeness (QED) is 0.738. The monoisotopic (exact) mass is 276 g/mol. The van der Waals surface area contributed by atoms with E-state index in [1.165, 1.54) is 33.4 Å². The Labute approximate surface area is 126 Å². The van der Waals surface area contributed by atoms with E-state index in [1.807, 2.05) is 0 Å². The highest BCUT2D eigenvalue weighted by Crippen LogP contribution is 2.37. The molecule has 0 saturated heterocycles. The van der Waals surface area contributed by atoms with E-state index >= 15 is 0 Å². The van der Waals surface area contributed by atoms with E-state index in [-0.39, 0.29) is 0 Å². The van der Waals surface area contributed by atoms with Gasteiger partial charge in [-0.2, -0.15) is 0 Å². The average Bonchev–Trinajstić information content (AvgIpc) is 2.98. The maximum atomic E-state index is 4.25. The summed E-state index contributed by atoms with van der Waals surface area (Å²) in [5.41, 5.74) is 7.82. The van der Waals surface area contributed by atoms with Gasteiger partial charge in [0.05, 0.1) is 0 Å². The molecule has 3 aliphatic rings. The Kier molecular flexibility index (Phi) is 3.46. The average molecular weight is 276 g/mol. The Hall–Kier alpha value is -2.22. The number of hydrogen-bond donors (Lipinski definition) is 0. The van der Waals surface area contributed by atoms with Crippen LogP contribution in [0, 0.1) is 13.8 Å². The molecule has 0 N–H and O–H groups in total. The van der Waals surface area contributed by atoms with Gasteiger partial charge in [-0.1, -0.05) is 38.1 Å². The Morgan fingerprint density at radius 2 is 1.67 bits per heavy atom. The molecular weight excluding hydrogens is 256 g/mol. The minimum Gasteiger partial charge on any atom is -0.236 e. The molecule has 0 amide bonds. The molecule has 0 fully saturated rings. The molecule has 2 aliphatic carbocycles. The molecule has 0 aromatic carbocycles. The Morgan fingerprint density at radius 1 is 0.952 bits per heavy atom. The Morgan fingerprint density at radius 3 is 2.33 bits per heavy atom. The molecule has 3 rings (SSSR count). The zero-order valence-corrected chi connectivity index (χ0v) is 13.0. The summed E-state index contributed by atoms with van der Waals surface area (Å²) >= 11 is 0. The molecule has 1 heterocycles. The van der Waals surface area contributed by atoms with E-state index in [9.17, 15) is 0 Å². The summed E-state index contributed by atoms with van der Waals surface area (Å²) in [5, 5.41) is 0. The molecule has 0 atom stereocenters. The first-order chi connectivity index (χ1) is 10.1. The third kappa shape index (κ3) is 2.54. The highest BCUT2D eigenvalue weighted by Gasteiger charge is 2.15. The van der Waals surface area contributed by atoms with Crippen molar-refractivity contribution in [3.63, 3.8) is 0 Å². The number of aryl methyl sites for hydroxylation is 2. The van der Waals surface area contributed by atoms with Crippen molar-refractivity contribution in [1.82, 2.24) is 0 Å². The molecule has 0 saturated carbocycles. The van der Waals surface area contributed by atoms with Crippen LogP contribution in [0.3, 0.4) is 0 Å². The van der Waals surface area contributed by atoms with Crippen LogP contribution in [0.1, 0.15) is 42.0 Å². The number of aliphatic imine (C=N–C) groups is 2. The van der Waals surface area contributed by atoms with Gasteiger partial charge in [-0.05, 0) is 59.2 Å². The molecule has 0 spiro atoms. The second-order valence-corrected chi connectivity index (χ2v) is 5.95. The highest BCUT2D eigenvalue weighted by molar-refractivity contribution is 6.18. The Balaban J connectivity index is 2.21. The van der Waals surface area contributed by atoms with Crippen LogP contribution in [-0.4, -0.2) is 12.4 Å². The lowest BCUT2D eigenvalue weighted by atomic mass is 10.0. The van der Waals surface area contributed by atoms with Crippen LogP contribution in [0.25, 0.3) is 17.2 Å². The van der Waals surface area contributed by atoms with Crippen molar-refractivity contribution in [3.8, 4) is 11.1 Å². The molecule has 2 heteroatoms. The lowest BCUT2D eigenvalue weighted by molar-refractivity contribution is 0.868. The molecule has 0 bridgehead atoms. The first-order valence-corrected chi connectivity index (χ1v) is 7.38. The van der Waals surface area contributed by atoms with Gasteiger partial charge in [0.15, 0.2) is 5.82 Å². The van der Waals surface area contributed by atoms with Crippen molar-refractivity contribution in [2.45, 2.75) is 33.6 Å². The van der Waals surface area contributed by atoms with Gasteiger partial charge in [0.1, 0.15) is 0 Å². The lowest BCUT2D eigenvalue weighted by Crippen LogP contribution is -1.84. The summed E-state index contributed by atoms with van der Waals surface area (Å²) < 4.78 is 0. The van der Waals surface area contributed by atoms with Gasteiger partial charge in [0.25, 0.3) is 0 Å². The first kappa shape index (κ1) is 13.7. The third-order valence-electron chi connectivity index (χ3n) is 4.02. The molecule has 0 aromatic heterocycles. The lowest BCUT2D eigenvalue weighted by Gasteiger charge is -2.04. The van der Waals surface area contributed by atoms with Crippen LogP contribution in [0.2, 0.25) is 0 Å². The second kappa shape index (κ2) is 5.28. The van der Waals surface area contributed by atoms with Gasteiger partial charge in [-0.15, -0.1) is 0 Å². The van der Waals surface area contributed by atoms with Crippen molar-refractivity contribution < 1.29 is 0 Å². The summed E-state index contributed by atoms with van der Waals surface area (Å²) in [4.78, 5) is 8.50. The molecule has 0 radical (unpaired) electrons. The normalized spacial score (nSPS) is 13.7. The molecule has 2 nitrogen and oxygen atoms in total. The molecular formula is C19H20N2. The van der Waals surface area contributed by atoms with Crippen LogP contribution in [0.5, 0.6) is 0 Å². The third-order valence-corrected chi connectivity index (χ3v) is 4.02. The van der Waals surface area contributed by atoms with Crippen molar-refractivity contribution in [2.24, 2.45) is 9.98 Å². The standard InChI is InChI=1S/C19H20N2/c1-12(2)15-6-5-13(3)19-16(9-14(4)17(19)10-15)11-18-20-7-8-21-18/h5-12H,1-4H3. The predicted molar refractivity (Wildman–Crippen MR) is 91.6 cm³/mol. The smallest absolute Gasteiger partial charge is 0.152 e. The number of rotatable bonds is 2. The zero-order chi connectivity index (χ0) is 15.0. The van der Waals surface area contributed by atoms with E-state index in [4.69, 9.17) is 0 Å². The van der Waals surface area contributed by atoms with Gasteiger partial charge in [0.2, 0.25) is 0 Å². The number of nitrogens with zero attached hydrogens (tertiary/aromatic N) is 2. The Bertz CT molecular complexity index is 735. The summed E-state index contributed by atoms with van der Waals surface area (Å²) in [7, 11) is 0.